The highest BCUT2D eigenvalue weighted by Crippen LogP contribution is 2.25. The van der Waals surface area contributed by atoms with Crippen LogP contribution in [0.2, 0.25) is 5.02 Å². The van der Waals surface area contributed by atoms with Crippen molar-refractivity contribution in [2.24, 2.45) is 0 Å². The highest BCUT2D eigenvalue weighted by Gasteiger charge is 2.14. The second kappa shape index (κ2) is 5.86. The molecule has 0 aromatic heterocycles. The summed E-state index contributed by atoms with van der Waals surface area (Å²) in [5, 5.41) is 9.91. The molecule has 2 aromatic rings. The van der Waals surface area contributed by atoms with Crippen molar-refractivity contribution in [3.63, 3.8) is 0 Å². The third-order valence-corrected chi connectivity index (χ3v) is 4.15. The van der Waals surface area contributed by atoms with Gasteiger partial charge in [0.1, 0.15) is 5.75 Å². The number of fused-ring (bicyclic) bond motifs is 1. The Morgan fingerprint density at radius 2 is 1.90 bits per heavy atom. The number of nitrogens with zero attached hydrogens (tertiary/aromatic N) is 1. The molecule has 2 nitrogen and oxygen atoms in total. The van der Waals surface area contributed by atoms with Gasteiger partial charge in [0.05, 0.1) is 5.02 Å². The van der Waals surface area contributed by atoms with Crippen LogP contribution in [0, 0.1) is 0 Å². The van der Waals surface area contributed by atoms with E-state index >= 15 is 0 Å². The van der Waals surface area contributed by atoms with Gasteiger partial charge in [-0.05, 0) is 48.2 Å². The summed E-state index contributed by atoms with van der Waals surface area (Å²) in [7, 11) is 0. The Morgan fingerprint density at radius 1 is 1.10 bits per heavy atom. The van der Waals surface area contributed by atoms with Crippen LogP contribution in [-0.4, -0.2) is 16.6 Å². The number of aromatic hydroxyl groups is 1. The molecule has 0 aliphatic carbocycles. The fourth-order valence-corrected chi connectivity index (χ4v) is 3.01. The minimum Gasteiger partial charge on any atom is -0.506 e. The van der Waals surface area contributed by atoms with Crippen LogP contribution < -0.4 is 0 Å². The molecule has 2 aromatic carbocycles. The number of phenolic OH excluding ortho intramolecular Hbond substituents is 1. The molecule has 0 radical (unpaired) electrons. The van der Waals surface area contributed by atoms with Gasteiger partial charge in [0.2, 0.25) is 0 Å². The van der Waals surface area contributed by atoms with E-state index in [1.54, 1.807) is 6.07 Å². The Labute approximate surface area is 124 Å². The van der Waals surface area contributed by atoms with Crippen LogP contribution in [0.15, 0.2) is 42.5 Å². The normalized spacial score (nSPS) is 15.7. The molecule has 1 aliphatic heterocycles. The second-order valence-electron chi connectivity index (χ2n) is 5.37. The summed E-state index contributed by atoms with van der Waals surface area (Å²) >= 11 is 5.98. The zero-order chi connectivity index (χ0) is 13.9. The minimum absolute atomic E-state index is 0.150. The average molecular weight is 288 g/mol. The van der Waals surface area contributed by atoms with Gasteiger partial charge in [-0.25, -0.2) is 0 Å². The molecule has 104 valence electrons. The number of phenols is 1. The minimum atomic E-state index is 0.150. The van der Waals surface area contributed by atoms with E-state index in [-0.39, 0.29) is 5.75 Å². The fourth-order valence-electron chi connectivity index (χ4n) is 2.81. The van der Waals surface area contributed by atoms with Crippen molar-refractivity contribution >= 4 is 11.6 Å². The molecule has 3 heteroatoms. The van der Waals surface area contributed by atoms with Gasteiger partial charge in [-0.2, -0.15) is 0 Å². The molecule has 0 unspecified atom stereocenters. The Hall–Kier alpha value is -1.51. The van der Waals surface area contributed by atoms with Crippen LogP contribution in [0.25, 0.3) is 0 Å². The molecule has 3 rings (SSSR count). The van der Waals surface area contributed by atoms with Crippen LogP contribution >= 0.6 is 11.6 Å². The van der Waals surface area contributed by atoms with Crippen molar-refractivity contribution in [3.8, 4) is 5.75 Å². The summed E-state index contributed by atoms with van der Waals surface area (Å²) in [5.41, 5.74) is 4.04. The van der Waals surface area contributed by atoms with E-state index in [2.05, 4.69) is 29.2 Å². The topological polar surface area (TPSA) is 23.5 Å². The molecule has 0 fully saturated rings. The molecular formula is C17H18ClNO. The number of aryl methyl sites for hydroxylation is 1. The molecule has 0 bridgehead atoms. The van der Waals surface area contributed by atoms with E-state index in [0.29, 0.717) is 5.02 Å². The number of benzene rings is 2. The Balaban J connectivity index is 1.76. The van der Waals surface area contributed by atoms with Crippen LogP contribution in [0.5, 0.6) is 5.75 Å². The first-order chi connectivity index (χ1) is 9.72. The van der Waals surface area contributed by atoms with Gasteiger partial charge in [0, 0.05) is 13.1 Å². The number of halogens is 1. The highest BCUT2D eigenvalue weighted by molar-refractivity contribution is 6.32. The van der Waals surface area contributed by atoms with Gasteiger partial charge in [-0.3, -0.25) is 4.90 Å². The van der Waals surface area contributed by atoms with Gasteiger partial charge in [0.15, 0.2) is 0 Å². The quantitative estimate of drug-likeness (QED) is 0.903. The summed E-state index contributed by atoms with van der Waals surface area (Å²) in [6, 6.07) is 14.1. The molecule has 1 aliphatic rings. The molecular weight excluding hydrogens is 270 g/mol. The summed E-state index contributed by atoms with van der Waals surface area (Å²) in [6.45, 7) is 2.94. The van der Waals surface area contributed by atoms with Crippen LogP contribution in [0.1, 0.15) is 23.1 Å². The van der Waals surface area contributed by atoms with Crippen molar-refractivity contribution in [1.29, 1.82) is 0 Å². The van der Waals surface area contributed by atoms with Crippen LogP contribution in [0.3, 0.4) is 0 Å². The van der Waals surface area contributed by atoms with Crippen molar-refractivity contribution < 1.29 is 5.11 Å². The molecule has 0 spiro atoms. The zero-order valence-electron chi connectivity index (χ0n) is 11.3. The van der Waals surface area contributed by atoms with E-state index in [9.17, 15) is 5.11 Å². The van der Waals surface area contributed by atoms with Crippen LogP contribution in [-0.2, 0) is 19.5 Å². The number of rotatable bonds is 2. The maximum absolute atomic E-state index is 9.48. The smallest absolute Gasteiger partial charge is 0.134 e. The maximum atomic E-state index is 9.48. The highest BCUT2D eigenvalue weighted by atomic mass is 35.5. The van der Waals surface area contributed by atoms with Gasteiger partial charge in [-0.1, -0.05) is 41.9 Å². The maximum Gasteiger partial charge on any atom is 0.134 e. The predicted octanol–water partition coefficient (Wildman–Crippen LogP) is 3.99. The number of hydrogen-bond donors (Lipinski definition) is 1. The number of hydrogen-bond acceptors (Lipinski definition) is 2. The van der Waals surface area contributed by atoms with Crippen LogP contribution in [0.4, 0.5) is 0 Å². The van der Waals surface area contributed by atoms with Crippen molar-refractivity contribution in [1.82, 2.24) is 4.90 Å². The Bertz CT molecular complexity index is 612. The second-order valence-corrected chi connectivity index (χ2v) is 5.78. The van der Waals surface area contributed by atoms with E-state index in [1.807, 2.05) is 12.1 Å². The van der Waals surface area contributed by atoms with E-state index in [4.69, 9.17) is 11.6 Å². The van der Waals surface area contributed by atoms with E-state index in [1.165, 1.54) is 17.5 Å². The molecule has 1 heterocycles. The fraction of sp³-hybridized carbons (Fsp3) is 0.294. The van der Waals surface area contributed by atoms with Gasteiger partial charge >= 0.3 is 0 Å². The summed E-state index contributed by atoms with van der Waals surface area (Å²) in [4.78, 5) is 2.44. The van der Waals surface area contributed by atoms with Gasteiger partial charge < -0.3 is 5.11 Å². The lowest BCUT2D eigenvalue weighted by Crippen LogP contribution is -2.22. The first kappa shape index (κ1) is 13.5. The molecule has 0 amide bonds. The van der Waals surface area contributed by atoms with Gasteiger partial charge in [-0.15, -0.1) is 0 Å². The first-order valence-electron chi connectivity index (χ1n) is 6.99. The van der Waals surface area contributed by atoms with Crippen molar-refractivity contribution in [2.45, 2.75) is 25.9 Å². The SMILES string of the molecule is Oc1ccc(CN2CCCc3ccccc3C2)cc1Cl. The zero-order valence-corrected chi connectivity index (χ0v) is 12.1. The average Bonchev–Trinajstić information content (AvgIpc) is 2.64. The third kappa shape index (κ3) is 2.97. The monoisotopic (exact) mass is 287 g/mol. The summed E-state index contributed by atoms with van der Waals surface area (Å²) < 4.78 is 0. The molecule has 1 N–H and O–H groups in total. The summed E-state index contributed by atoms with van der Waals surface area (Å²) in [5.74, 6) is 0.150. The van der Waals surface area contributed by atoms with E-state index < -0.39 is 0 Å². The lowest BCUT2D eigenvalue weighted by atomic mass is 10.0. The third-order valence-electron chi connectivity index (χ3n) is 3.85. The van der Waals surface area contributed by atoms with E-state index in [0.717, 1.165) is 31.6 Å². The first-order valence-corrected chi connectivity index (χ1v) is 7.37. The molecule has 20 heavy (non-hydrogen) atoms. The Morgan fingerprint density at radius 3 is 2.70 bits per heavy atom. The summed E-state index contributed by atoms with van der Waals surface area (Å²) in [6.07, 6.45) is 2.34. The largest absolute Gasteiger partial charge is 0.506 e. The molecule has 0 saturated carbocycles. The lowest BCUT2D eigenvalue weighted by molar-refractivity contribution is 0.261. The van der Waals surface area contributed by atoms with Crippen molar-refractivity contribution in [2.75, 3.05) is 6.54 Å². The van der Waals surface area contributed by atoms with Gasteiger partial charge in [0.25, 0.3) is 0 Å². The Kier molecular flexibility index (Phi) is 3.95. The predicted molar refractivity (Wildman–Crippen MR) is 82.0 cm³/mol. The van der Waals surface area contributed by atoms with Crippen molar-refractivity contribution in [3.05, 3.63) is 64.2 Å². The standard InChI is InChI=1S/C17H18ClNO/c18-16-10-13(7-8-17(16)20)11-19-9-3-6-14-4-1-2-5-15(14)12-19/h1-2,4-5,7-8,10,20H,3,6,9,11-12H2. The molecule has 0 atom stereocenters. The lowest BCUT2D eigenvalue weighted by Gasteiger charge is -2.20. The molecule has 0 saturated heterocycles.